The maximum absolute atomic E-state index is 10.0. The summed E-state index contributed by atoms with van der Waals surface area (Å²) in [6.45, 7) is 1.24. The highest BCUT2D eigenvalue weighted by molar-refractivity contribution is 5.32. The Hall–Kier alpha value is -1.50. The van der Waals surface area contributed by atoms with Crippen molar-refractivity contribution in [1.82, 2.24) is 0 Å². The van der Waals surface area contributed by atoms with Crippen LogP contribution in [0.3, 0.4) is 0 Å². The van der Waals surface area contributed by atoms with E-state index in [1.165, 1.54) is 19.3 Å². The van der Waals surface area contributed by atoms with Crippen LogP contribution in [0.15, 0.2) is 22.1 Å². The van der Waals surface area contributed by atoms with Gasteiger partial charge in [0.05, 0.1) is 13.1 Å². The topological polar surface area (TPSA) is 58.9 Å². The van der Waals surface area contributed by atoms with Gasteiger partial charge in [-0.1, -0.05) is 25.0 Å². The predicted octanol–water partition coefficient (Wildman–Crippen LogP) is 3.44. The molecule has 4 nitrogen and oxygen atoms in total. The van der Waals surface area contributed by atoms with Crippen molar-refractivity contribution in [2.24, 2.45) is 33.7 Å². The quantitative estimate of drug-likeness (QED) is 0.267. The molecule has 1 saturated carbocycles. The third kappa shape index (κ3) is 4.49. The summed E-state index contributed by atoms with van der Waals surface area (Å²) in [5, 5.41) is 0. The van der Waals surface area contributed by atoms with Gasteiger partial charge < -0.3 is 0 Å². The number of allylic oxidation sites excluding steroid dienone is 2. The molecule has 0 aromatic rings. The highest BCUT2D eigenvalue weighted by atomic mass is 16.1. The molecule has 0 aromatic carbocycles. The number of rotatable bonds is 10. The first-order chi connectivity index (χ1) is 10.4. The van der Waals surface area contributed by atoms with Gasteiger partial charge >= 0.3 is 0 Å². The molecular formula is C17H24N2O2. The second kappa shape index (κ2) is 8.71. The van der Waals surface area contributed by atoms with Crippen molar-refractivity contribution < 1.29 is 9.59 Å². The average Bonchev–Trinajstić information content (AvgIpc) is 3.09. The molecule has 114 valence electrons. The summed E-state index contributed by atoms with van der Waals surface area (Å²) in [5.41, 5.74) is 0. The lowest BCUT2D eigenvalue weighted by Gasteiger charge is -2.28. The fourth-order valence-electron chi connectivity index (χ4n) is 4.12. The standard InChI is InChI=1S/C17H24N2O2/c20-12-18-9-3-1-5-16-14-7-8-15(11-14)17(16)6-2-4-10-19-13-21/h7-8,14-17H,1-6,9-11H2. The molecule has 0 amide bonds. The molecular weight excluding hydrogens is 264 g/mol. The normalized spacial score (nSPS) is 29.1. The Morgan fingerprint density at radius 1 is 0.810 bits per heavy atom. The third-order valence-electron chi connectivity index (χ3n) is 5.04. The van der Waals surface area contributed by atoms with E-state index in [4.69, 9.17) is 0 Å². The molecule has 4 unspecified atom stereocenters. The van der Waals surface area contributed by atoms with Gasteiger partial charge in [0.15, 0.2) is 0 Å². The summed E-state index contributed by atoms with van der Waals surface area (Å²) < 4.78 is 0. The number of nitrogens with zero attached hydrogens (tertiary/aromatic N) is 2. The SMILES string of the molecule is O=C=NCCCCC1C2C=CC(C2)C1CCCCN=C=O. The molecule has 0 aliphatic heterocycles. The first-order valence-electron chi connectivity index (χ1n) is 8.12. The fraction of sp³-hybridized carbons (Fsp3) is 0.765. The lowest BCUT2D eigenvalue weighted by atomic mass is 9.77. The molecule has 1 fully saturated rings. The number of carbonyl (C=O) groups excluding carboxylic acids is 2. The summed E-state index contributed by atoms with van der Waals surface area (Å²) in [4.78, 5) is 27.3. The van der Waals surface area contributed by atoms with E-state index in [2.05, 4.69) is 22.1 Å². The maximum Gasteiger partial charge on any atom is 0.234 e. The monoisotopic (exact) mass is 288 g/mol. The van der Waals surface area contributed by atoms with E-state index in [-0.39, 0.29) is 0 Å². The van der Waals surface area contributed by atoms with Crippen molar-refractivity contribution in [3.8, 4) is 0 Å². The fourth-order valence-corrected chi connectivity index (χ4v) is 4.12. The minimum absolute atomic E-state index is 0.620. The van der Waals surface area contributed by atoms with Gasteiger partial charge in [-0.3, -0.25) is 0 Å². The Morgan fingerprint density at radius 2 is 1.29 bits per heavy atom. The molecule has 0 aromatic heterocycles. The molecule has 0 heterocycles. The number of fused-ring (bicyclic) bond motifs is 2. The second-order valence-electron chi connectivity index (χ2n) is 6.21. The van der Waals surface area contributed by atoms with Crippen LogP contribution in [0.4, 0.5) is 0 Å². The van der Waals surface area contributed by atoms with E-state index >= 15 is 0 Å². The summed E-state index contributed by atoms with van der Waals surface area (Å²) >= 11 is 0. The van der Waals surface area contributed by atoms with Gasteiger partial charge in [-0.2, -0.15) is 0 Å². The van der Waals surface area contributed by atoms with Crippen LogP contribution in [-0.4, -0.2) is 25.2 Å². The maximum atomic E-state index is 10.0. The molecule has 4 atom stereocenters. The van der Waals surface area contributed by atoms with Gasteiger partial charge in [0.25, 0.3) is 0 Å². The van der Waals surface area contributed by atoms with Crippen LogP contribution in [0.5, 0.6) is 0 Å². The molecule has 2 bridgehead atoms. The number of hydrogen-bond acceptors (Lipinski definition) is 4. The second-order valence-corrected chi connectivity index (χ2v) is 6.21. The van der Waals surface area contributed by atoms with Crippen molar-refractivity contribution in [2.75, 3.05) is 13.1 Å². The van der Waals surface area contributed by atoms with E-state index in [1.54, 1.807) is 12.2 Å². The highest BCUT2D eigenvalue weighted by Crippen LogP contribution is 2.51. The van der Waals surface area contributed by atoms with Gasteiger partial charge in [0.1, 0.15) is 0 Å². The van der Waals surface area contributed by atoms with Crippen molar-refractivity contribution in [2.45, 2.75) is 44.9 Å². The molecule has 21 heavy (non-hydrogen) atoms. The molecule has 0 spiro atoms. The van der Waals surface area contributed by atoms with Gasteiger partial charge in [-0.05, 0) is 55.8 Å². The molecule has 4 heteroatoms. The number of hydrogen-bond donors (Lipinski definition) is 0. The lowest BCUT2D eigenvalue weighted by molar-refractivity contribution is 0.263. The zero-order valence-electron chi connectivity index (χ0n) is 12.5. The Kier molecular flexibility index (Phi) is 6.59. The van der Waals surface area contributed by atoms with Crippen LogP contribution >= 0.6 is 0 Å². The predicted molar refractivity (Wildman–Crippen MR) is 81.4 cm³/mol. The van der Waals surface area contributed by atoms with E-state index in [1.807, 2.05) is 0 Å². The third-order valence-corrected chi connectivity index (χ3v) is 5.04. The van der Waals surface area contributed by atoms with E-state index in [0.29, 0.717) is 13.1 Å². The lowest BCUT2D eigenvalue weighted by Crippen LogP contribution is -2.19. The Balaban J connectivity index is 1.73. The minimum Gasteiger partial charge on any atom is -0.211 e. The van der Waals surface area contributed by atoms with Gasteiger partial charge in [0, 0.05) is 0 Å². The van der Waals surface area contributed by atoms with Crippen LogP contribution in [0.2, 0.25) is 0 Å². The first-order valence-corrected chi connectivity index (χ1v) is 8.12. The summed E-state index contributed by atoms with van der Waals surface area (Å²) in [7, 11) is 0. The van der Waals surface area contributed by atoms with Crippen LogP contribution in [-0.2, 0) is 9.59 Å². The summed E-state index contributed by atoms with van der Waals surface area (Å²) in [5.74, 6) is 3.13. The molecule has 2 rings (SSSR count). The smallest absolute Gasteiger partial charge is 0.211 e. The van der Waals surface area contributed by atoms with Crippen molar-refractivity contribution in [1.29, 1.82) is 0 Å². The summed E-state index contributed by atoms with van der Waals surface area (Å²) in [6, 6.07) is 0. The van der Waals surface area contributed by atoms with Crippen molar-refractivity contribution in [3.63, 3.8) is 0 Å². The molecule has 0 saturated heterocycles. The van der Waals surface area contributed by atoms with Gasteiger partial charge in [-0.15, -0.1) is 0 Å². The molecule has 2 aliphatic rings. The van der Waals surface area contributed by atoms with Crippen molar-refractivity contribution >= 4 is 12.2 Å². The summed E-state index contributed by atoms with van der Waals surface area (Å²) in [6.07, 6.45) is 16.1. The Labute approximate surface area is 126 Å². The van der Waals surface area contributed by atoms with Crippen LogP contribution in [0.25, 0.3) is 0 Å². The zero-order chi connectivity index (χ0) is 14.9. The van der Waals surface area contributed by atoms with E-state index < -0.39 is 0 Å². The molecule has 0 radical (unpaired) electrons. The zero-order valence-corrected chi connectivity index (χ0v) is 12.5. The van der Waals surface area contributed by atoms with Gasteiger partial charge in [0.2, 0.25) is 12.2 Å². The van der Waals surface area contributed by atoms with Gasteiger partial charge in [-0.25, -0.2) is 19.6 Å². The van der Waals surface area contributed by atoms with Crippen LogP contribution in [0.1, 0.15) is 44.9 Å². The highest BCUT2D eigenvalue weighted by Gasteiger charge is 2.42. The molecule has 2 aliphatic carbocycles. The van der Waals surface area contributed by atoms with E-state index in [0.717, 1.165) is 49.4 Å². The first kappa shape index (κ1) is 15.9. The van der Waals surface area contributed by atoms with Crippen molar-refractivity contribution in [3.05, 3.63) is 12.2 Å². The van der Waals surface area contributed by atoms with E-state index in [9.17, 15) is 9.59 Å². The Bertz CT molecular complexity index is 408. The number of isocyanates is 2. The Morgan fingerprint density at radius 3 is 1.71 bits per heavy atom. The van der Waals surface area contributed by atoms with Crippen LogP contribution in [0, 0.1) is 23.7 Å². The number of aliphatic imine (C=N–C) groups is 2. The molecule has 0 N–H and O–H groups in total. The number of unbranched alkanes of at least 4 members (excludes halogenated alkanes) is 2. The largest absolute Gasteiger partial charge is 0.234 e. The van der Waals surface area contributed by atoms with Crippen LogP contribution < -0.4 is 0 Å². The average molecular weight is 288 g/mol. The minimum atomic E-state index is 0.620.